The number of nitrogens with zero attached hydrogens (tertiary/aromatic N) is 1. The van der Waals surface area contributed by atoms with E-state index in [2.05, 4.69) is 25.1 Å². The van der Waals surface area contributed by atoms with Gasteiger partial charge in [-0.3, -0.25) is 10.1 Å². The van der Waals surface area contributed by atoms with Crippen LogP contribution in [0.5, 0.6) is 11.5 Å². The molecule has 4 rings (SSSR count). The number of thioether (sulfide) groups is 2. The summed E-state index contributed by atoms with van der Waals surface area (Å²) in [6, 6.07) is 9.45. The molecule has 0 amide bonds. The molecule has 2 heterocycles. The van der Waals surface area contributed by atoms with Crippen LogP contribution in [0.1, 0.15) is 18.1 Å². The van der Waals surface area contributed by atoms with Crippen molar-refractivity contribution in [2.24, 2.45) is 0 Å². The molecule has 7 heteroatoms. The second kappa shape index (κ2) is 5.71. The fraction of sp³-hybridized carbons (Fsp3) is 0.222. The van der Waals surface area contributed by atoms with Gasteiger partial charge in [-0.05, 0) is 43.2 Å². The van der Waals surface area contributed by atoms with E-state index in [1.165, 1.54) is 23.6 Å². The zero-order chi connectivity index (χ0) is 17.8. The van der Waals surface area contributed by atoms with E-state index in [4.69, 9.17) is 9.47 Å². The van der Waals surface area contributed by atoms with Crippen molar-refractivity contribution in [2.45, 2.75) is 27.9 Å². The van der Waals surface area contributed by atoms with Crippen LogP contribution in [0.3, 0.4) is 0 Å². The molecule has 0 aromatic heterocycles. The van der Waals surface area contributed by atoms with Crippen molar-refractivity contribution >= 4 is 35.3 Å². The molecule has 25 heavy (non-hydrogen) atoms. The summed E-state index contributed by atoms with van der Waals surface area (Å²) in [4.78, 5) is 13.4. The Morgan fingerprint density at radius 2 is 1.92 bits per heavy atom. The monoisotopic (exact) mass is 373 g/mol. The van der Waals surface area contributed by atoms with E-state index in [1.54, 1.807) is 29.6 Å². The lowest BCUT2D eigenvalue weighted by molar-refractivity contribution is -0.385. The highest BCUT2D eigenvalue weighted by molar-refractivity contribution is 8.20. The molecular weight excluding hydrogens is 358 g/mol. The molecule has 0 fully saturated rings. The Labute approximate surface area is 153 Å². The van der Waals surface area contributed by atoms with E-state index in [-0.39, 0.29) is 5.69 Å². The van der Waals surface area contributed by atoms with E-state index < -0.39 is 9.19 Å². The minimum Gasteiger partial charge on any atom is -0.496 e. The number of fused-ring (bicyclic) bond motifs is 2. The van der Waals surface area contributed by atoms with Gasteiger partial charge in [-0.2, -0.15) is 0 Å². The van der Waals surface area contributed by atoms with E-state index >= 15 is 0 Å². The van der Waals surface area contributed by atoms with E-state index in [1.807, 2.05) is 13.0 Å². The first kappa shape index (κ1) is 16.4. The zero-order valence-corrected chi connectivity index (χ0v) is 15.5. The maximum absolute atomic E-state index is 11.4. The van der Waals surface area contributed by atoms with Crippen LogP contribution in [0.4, 0.5) is 5.69 Å². The van der Waals surface area contributed by atoms with Crippen molar-refractivity contribution in [1.29, 1.82) is 0 Å². The molecule has 2 aromatic rings. The summed E-state index contributed by atoms with van der Waals surface area (Å²) in [6.07, 6.45) is 1.86. The van der Waals surface area contributed by atoms with Crippen LogP contribution in [0, 0.1) is 17.0 Å². The Kier molecular flexibility index (Phi) is 3.73. The molecule has 2 aliphatic heterocycles. The number of ether oxygens (including phenoxy) is 2. The van der Waals surface area contributed by atoms with Gasteiger partial charge in [0.1, 0.15) is 11.5 Å². The van der Waals surface area contributed by atoms with Gasteiger partial charge >= 0.3 is 0 Å². The normalized spacial score (nSPS) is 20.5. The number of nitro benzene ring substituents is 1. The summed E-state index contributed by atoms with van der Waals surface area (Å²) in [7, 11) is 1.49. The topological polar surface area (TPSA) is 61.6 Å². The van der Waals surface area contributed by atoms with E-state index in [0.717, 1.165) is 10.5 Å². The van der Waals surface area contributed by atoms with Crippen molar-refractivity contribution in [3.63, 3.8) is 0 Å². The third kappa shape index (κ3) is 2.58. The van der Waals surface area contributed by atoms with Gasteiger partial charge in [0.2, 0.25) is 4.27 Å². The summed E-state index contributed by atoms with van der Waals surface area (Å²) >= 11 is 3.26. The molecule has 1 unspecified atom stereocenters. The average Bonchev–Trinajstić information content (AvgIpc) is 2.93. The summed E-state index contributed by atoms with van der Waals surface area (Å²) in [5.74, 6) is 0.885. The lowest BCUT2D eigenvalue weighted by Crippen LogP contribution is -2.30. The van der Waals surface area contributed by atoms with E-state index in [0.29, 0.717) is 17.1 Å². The zero-order valence-electron chi connectivity index (χ0n) is 13.9. The smallest absolute Gasteiger partial charge is 0.284 e. The minimum absolute atomic E-state index is 0.00935. The first-order valence-corrected chi connectivity index (χ1v) is 9.28. The highest BCUT2D eigenvalue weighted by Crippen LogP contribution is 2.62. The number of hydrogen-bond acceptors (Lipinski definition) is 6. The number of methoxy groups -OCH3 is 1. The maximum atomic E-state index is 11.4. The highest BCUT2D eigenvalue weighted by Gasteiger charge is 2.46. The molecule has 0 saturated carbocycles. The van der Waals surface area contributed by atoms with Gasteiger partial charge in [0.15, 0.2) is 0 Å². The Morgan fingerprint density at radius 3 is 2.64 bits per heavy atom. The van der Waals surface area contributed by atoms with Crippen LogP contribution in [-0.2, 0) is 0 Å². The Balaban J connectivity index is 1.82. The third-order valence-electron chi connectivity index (χ3n) is 4.20. The molecule has 1 atom stereocenters. The van der Waals surface area contributed by atoms with Crippen LogP contribution in [0.25, 0.3) is 6.08 Å². The van der Waals surface area contributed by atoms with E-state index in [9.17, 15) is 10.1 Å². The molecule has 0 saturated heterocycles. The number of nitro groups is 1. The Morgan fingerprint density at radius 1 is 1.16 bits per heavy atom. The largest absolute Gasteiger partial charge is 0.496 e. The van der Waals surface area contributed by atoms with Crippen molar-refractivity contribution in [3.05, 3.63) is 57.1 Å². The van der Waals surface area contributed by atoms with Gasteiger partial charge in [-0.15, -0.1) is 0 Å². The predicted molar refractivity (Wildman–Crippen MR) is 99.6 cm³/mol. The lowest BCUT2D eigenvalue weighted by Gasteiger charge is -2.33. The van der Waals surface area contributed by atoms with Crippen molar-refractivity contribution in [1.82, 2.24) is 0 Å². The summed E-state index contributed by atoms with van der Waals surface area (Å²) in [5.41, 5.74) is 2.61. The minimum atomic E-state index is -0.636. The van der Waals surface area contributed by atoms with Gasteiger partial charge in [-0.1, -0.05) is 29.6 Å². The first-order valence-electron chi connectivity index (χ1n) is 7.65. The summed E-state index contributed by atoms with van der Waals surface area (Å²) < 4.78 is 10.9. The van der Waals surface area contributed by atoms with Crippen LogP contribution in [0.15, 0.2) is 45.7 Å². The highest BCUT2D eigenvalue weighted by atomic mass is 32.2. The van der Waals surface area contributed by atoms with Crippen LogP contribution in [0.2, 0.25) is 0 Å². The van der Waals surface area contributed by atoms with Gasteiger partial charge in [0.25, 0.3) is 5.69 Å². The molecule has 0 N–H and O–H groups in total. The fourth-order valence-corrected chi connectivity index (χ4v) is 5.85. The van der Waals surface area contributed by atoms with Crippen molar-refractivity contribution < 1.29 is 14.4 Å². The second-order valence-corrected chi connectivity index (χ2v) is 8.65. The number of hydrogen-bond donors (Lipinski definition) is 0. The third-order valence-corrected chi connectivity index (χ3v) is 7.31. The SMILES string of the molecule is COc1cc2c(c([N+](=O)[O-])c1)C=C(C)C1(O2)Sc2ccc(C)cc2S1. The second-order valence-electron chi connectivity index (χ2n) is 5.96. The van der Waals surface area contributed by atoms with Crippen molar-refractivity contribution in [3.8, 4) is 11.5 Å². The lowest BCUT2D eigenvalue weighted by atomic mass is 10.1. The number of rotatable bonds is 2. The summed E-state index contributed by atoms with van der Waals surface area (Å²) in [5, 5.41) is 11.4. The Hall–Kier alpha value is -2.12. The molecule has 2 aromatic carbocycles. The standard InChI is InChI=1S/C18H15NO4S2/c1-10-4-5-16-17(6-10)25-18(24-16)11(2)7-13-14(19(20)21)8-12(22-3)9-15(13)23-18/h4-9H,1-3H3. The van der Waals surface area contributed by atoms with Crippen LogP contribution in [-0.4, -0.2) is 16.3 Å². The van der Waals surface area contributed by atoms with Gasteiger partial charge in [0.05, 0.1) is 23.7 Å². The molecule has 0 radical (unpaired) electrons. The number of aryl methyl sites for hydroxylation is 1. The Bertz CT molecular complexity index is 941. The van der Waals surface area contributed by atoms with Crippen LogP contribution >= 0.6 is 23.5 Å². The average molecular weight is 373 g/mol. The van der Waals surface area contributed by atoms with Gasteiger partial charge in [-0.25, -0.2) is 0 Å². The predicted octanol–water partition coefficient (Wildman–Crippen LogP) is 5.26. The molecule has 0 aliphatic carbocycles. The maximum Gasteiger partial charge on any atom is 0.284 e. The number of benzene rings is 2. The van der Waals surface area contributed by atoms with Crippen molar-refractivity contribution in [2.75, 3.05) is 7.11 Å². The van der Waals surface area contributed by atoms with Crippen LogP contribution < -0.4 is 9.47 Å². The molecular formula is C18H15NO4S2. The fourth-order valence-electron chi connectivity index (χ4n) is 2.91. The quantitative estimate of drug-likeness (QED) is 0.529. The molecule has 5 nitrogen and oxygen atoms in total. The first-order chi connectivity index (χ1) is 11.9. The summed E-state index contributed by atoms with van der Waals surface area (Å²) in [6.45, 7) is 4.01. The molecule has 128 valence electrons. The van der Waals surface area contributed by atoms with Gasteiger partial charge in [0, 0.05) is 15.9 Å². The van der Waals surface area contributed by atoms with Gasteiger partial charge < -0.3 is 9.47 Å². The molecule has 0 bridgehead atoms. The molecule has 1 spiro atoms. The molecule has 2 aliphatic rings.